The lowest BCUT2D eigenvalue weighted by Gasteiger charge is -2.21. The lowest BCUT2D eigenvalue weighted by Crippen LogP contribution is -2.37. The minimum atomic E-state index is -4.48. The number of carbonyl (C=O) groups is 2. The van der Waals surface area contributed by atoms with Crippen molar-refractivity contribution in [3.05, 3.63) is 89.0 Å². The molecule has 0 aliphatic rings. The molecule has 0 amide bonds. The molecule has 0 aliphatic heterocycles. The van der Waals surface area contributed by atoms with Crippen molar-refractivity contribution in [2.75, 3.05) is 0 Å². The number of allylic oxidation sites excluding steroid dienone is 1. The molecular weight excluding hydrogens is 509 g/mol. The number of hydrogen-bond acceptors (Lipinski definition) is 4. The van der Waals surface area contributed by atoms with Gasteiger partial charge in [0.1, 0.15) is 5.75 Å². The molecular formula is C30H33F3N2O4. The van der Waals surface area contributed by atoms with Gasteiger partial charge in [-0.3, -0.25) is 4.79 Å². The fourth-order valence-corrected chi connectivity index (χ4v) is 3.89. The fourth-order valence-electron chi connectivity index (χ4n) is 3.89. The number of unbranched alkanes of at least 4 members (excludes halogenated alkanes) is 2. The number of carboxylic acid groups (broad SMARTS) is 1. The van der Waals surface area contributed by atoms with Crippen molar-refractivity contribution < 1.29 is 32.6 Å². The van der Waals surface area contributed by atoms with Gasteiger partial charge in [0.25, 0.3) is 0 Å². The molecule has 3 aromatic rings. The first kappa shape index (κ1) is 29.7. The van der Waals surface area contributed by atoms with Crippen LogP contribution in [0.3, 0.4) is 0 Å². The van der Waals surface area contributed by atoms with Crippen molar-refractivity contribution in [2.45, 2.75) is 71.2 Å². The van der Waals surface area contributed by atoms with Gasteiger partial charge in [-0.15, -0.1) is 0 Å². The predicted octanol–water partition coefficient (Wildman–Crippen LogP) is 7.21. The number of halogens is 3. The summed E-state index contributed by atoms with van der Waals surface area (Å²) in [5.74, 6) is -0.874. The molecule has 3 rings (SSSR count). The van der Waals surface area contributed by atoms with E-state index in [9.17, 15) is 27.9 Å². The minimum absolute atomic E-state index is 0.145. The van der Waals surface area contributed by atoms with Gasteiger partial charge < -0.3 is 14.4 Å². The van der Waals surface area contributed by atoms with Crippen LogP contribution in [0.25, 0.3) is 6.08 Å². The van der Waals surface area contributed by atoms with Gasteiger partial charge >= 0.3 is 12.1 Å². The number of carboxylic acids is 1. The lowest BCUT2D eigenvalue weighted by molar-refractivity contribution is -0.152. The van der Waals surface area contributed by atoms with Gasteiger partial charge in [0.05, 0.1) is 11.3 Å². The quantitative estimate of drug-likeness (QED) is 0.182. The molecule has 1 heterocycles. The van der Waals surface area contributed by atoms with Crippen molar-refractivity contribution in [1.82, 2.24) is 9.55 Å². The highest BCUT2D eigenvalue weighted by atomic mass is 19.4. The van der Waals surface area contributed by atoms with E-state index in [1.165, 1.54) is 26.0 Å². The fraction of sp³-hybridized carbons (Fsp3) is 0.367. The highest BCUT2D eigenvalue weighted by molar-refractivity contribution is 6.06. The lowest BCUT2D eigenvalue weighted by atomic mass is 10.1. The second-order valence-corrected chi connectivity index (χ2v) is 9.79. The number of aryl methyl sites for hydroxylation is 2. The van der Waals surface area contributed by atoms with Gasteiger partial charge in [-0.25, -0.2) is 9.78 Å². The molecule has 6 nitrogen and oxygen atoms in total. The minimum Gasteiger partial charge on any atom is -0.478 e. The van der Waals surface area contributed by atoms with Crippen LogP contribution in [0.4, 0.5) is 13.2 Å². The predicted molar refractivity (Wildman–Crippen MR) is 143 cm³/mol. The summed E-state index contributed by atoms with van der Waals surface area (Å²) in [6.45, 7) is 5.49. The number of hydrogen-bond donors (Lipinski definition) is 1. The number of benzene rings is 2. The van der Waals surface area contributed by atoms with E-state index in [0.29, 0.717) is 25.1 Å². The van der Waals surface area contributed by atoms with Gasteiger partial charge in [0.15, 0.2) is 11.4 Å². The molecule has 0 radical (unpaired) electrons. The Hall–Kier alpha value is -3.88. The molecule has 0 atom stereocenters. The SMILES string of the molecule is CCCCCc1cn(CC/C=C/c2cccc(OC(C)(C)C(=O)O)c2)c(C(=O)c2ccc(C(F)(F)F)cc2)n1. The molecule has 1 aromatic heterocycles. The van der Waals surface area contributed by atoms with E-state index in [1.54, 1.807) is 22.8 Å². The van der Waals surface area contributed by atoms with Crippen molar-refractivity contribution in [1.29, 1.82) is 0 Å². The average Bonchev–Trinajstić information content (AvgIpc) is 3.28. The molecule has 0 saturated heterocycles. The summed E-state index contributed by atoms with van der Waals surface area (Å²) in [6.07, 6.45) is 5.43. The first-order valence-electron chi connectivity index (χ1n) is 12.9. The van der Waals surface area contributed by atoms with E-state index < -0.39 is 29.1 Å². The smallest absolute Gasteiger partial charge is 0.416 e. The average molecular weight is 543 g/mol. The summed E-state index contributed by atoms with van der Waals surface area (Å²) in [5.41, 5.74) is -0.441. The van der Waals surface area contributed by atoms with Gasteiger partial charge in [-0.05, 0) is 62.9 Å². The molecule has 0 spiro atoms. The summed E-state index contributed by atoms with van der Waals surface area (Å²) in [4.78, 5) is 29.1. The van der Waals surface area contributed by atoms with Gasteiger partial charge in [0, 0.05) is 18.3 Å². The monoisotopic (exact) mass is 542 g/mol. The molecule has 0 saturated carbocycles. The van der Waals surface area contributed by atoms with Crippen LogP contribution in [0.15, 0.2) is 60.8 Å². The zero-order valence-electron chi connectivity index (χ0n) is 22.3. The number of alkyl halides is 3. The second-order valence-electron chi connectivity index (χ2n) is 9.79. The number of nitrogens with zero attached hydrogens (tertiary/aromatic N) is 2. The highest BCUT2D eigenvalue weighted by Crippen LogP contribution is 2.29. The molecule has 0 fully saturated rings. The Kier molecular flexibility index (Phi) is 9.72. The third-order valence-electron chi connectivity index (χ3n) is 6.13. The Morgan fingerprint density at radius 3 is 2.44 bits per heavy atom. The molecule has 0 bridgehead atoms. The topological polar surface area (TPSA) is 81.4 Å². The van der Waals surface area contributed by atoms with Gasteiger partial charge in [-0.2, -0.15) is 13.2 Å². The van der Waals surface area contributed by atoms with E-state index in [2.05, 4.69) is 11.9 Å². The van der Waals surface area contributed by atoms with Gasteiger partial charge in [-0.1, -0.05) is 56.2 Å². The number of aromatic nitrogens is 2. The number of aliphatic carboxylic acids is 1. The van der Waals surface area contributed by atoms with Crippen LogP contribution in [0.5, 0.6) is 5.75 Å². The Balaban J connectivity index is 1.74. The van der Waals surface area contributed by atoms with Crippen molar-refractivity contribution in [3.8, 4) is 5.75 Å². The largest absolute Gasteiger partial charge is 0.478 e. The number of imidazole rings is 1. The maximum absolute atomic E-state index is 13.2. The molecule has 208 valence electrons. The zero-order chi connectivity index (χ0) is 28.6. The zero-order valence-corrected chi connectivity index (χ0v) is 22.3. The summed E-state index contributed by atoms with van der Waals surface area (Å²) >= 11 is 0. The van der Waals surface area contributed by atoms with Crippen LogP contribution >= 0.6 is 0 Å². The first-order valence-corrected chi connectivity index (χ1v) is 12.9. The Morgan fingerprint density at radius 1 is 1.08 bits per heavy atom. The molecule has 0 unspecified atom stereocenters. The van der Waals surface area contributed by atoms with E-state index in [0.717, 1.165) is 42.7 Å². The first-order chi connectivity index (χ1) is 18.4. The molecule has 9 heteroatoms. The van der Waals surface area contributed by atoms with E-state index >= 15 is 0 Å². The number of ether oxygens (including phenoxy) is 1. The van der Waals surface area contributed by atoms with Crippen molar-refractivity contribution in [2.24, 2.45) is 0 Å². The maximum Gasteiger partial charge on any atom is 0.416 e. The van der Waals surface area contributed by atoms with Crippen LogP contribution in [0.1, 0.15) is 79.5 Å². The highest BCUT2D eigenvalue weighted by Gasteiger charge is 2.31. The summed E-state index contributed by atoms with van der Waals surface area (Å²) in [5, 5.41) is 9.28. The van der Waals surface area contributed by atoms with Crippen LogP contribution < -0.4 is 4.74 Å². The van der Waals surface area contributed by atoms with E-state index in [4.69, 9.17) is 4.74 Å². The Bertz CT molecular complexity index is 1310. The van der Waals surface area contributed by atoms with Crippen LogP contribution in [0.2, 0.25) is 0 Å². The summed E-state index contributed by atoms with van der Waals surface area (Å²) in [7, 11) is 0. The van der Waals surface area contributed by atoms with Gasteiger partial charge in [0.2, 0.25) is 5.78 Å². The Labute approximate surface area is 226 Å². The molecule has 2 aromatic carbocycles. The van der Waals surface area contributed by atoms with Crippen LogP contribution in [-0.2, 0) is 23.9 Å². The summed E-state index contributed by atoms with van der Waals surface area (Å²) < 4.78 is 46.2. The molecule has 1 N–H and O–H groups in total. The third-order valence-corrected chi connectivity index (χ3v) is 6.13. The van der Waals surface area contributed by atoms with E-state index in [-0.39, 0.29) is 11.4 Å². The number of ketones is 1. The van der Waals surface area contributed by atoms with Crippen molar-refractivity contribution in [3.63, 3.8) is 0 Å². The number of rotatable bonds is 13. The standard InChI is InChI=1S/C30H33F3N2O4/c1-4-5-6-12-24-20-35(27(34-24)26(36)22-14-16-23(17-15-22)30(31,32)33)18-8-7-10-21-11-9-13-25(19-21)39-29(2,3)28(37)38/h7,9-11,13-17,19-20H,4-6,8,12,18H2,1-3H3,(H,37,38)/b10-7+. The Morgan fingerprint density at radius 2 is 1.79 bits per heavy atom. The van der Waals surface area contributed by atoms with Crippen LogP contribution in [-0.4, -0.2) is 32.0 Å². The second kappa shape index (κ2) is 12.8. The van der Waals surface area contributed by atoms with E-state index in [1.807, 2.05) is 24.4 Å². The molecule has 39 heavy (non-hydrogen) atoms. The third kappa shape index (κ3) is 8.30. The number of carbonyl (C=O) groups excluding carboxylic acids is 1. The normalized spacial score (nSPS) is 12.2. The maximum atomic E-state index is 13.2. The summed E-state index contributed by atoms with van der Waals surface area (Å²) in [6, 6.07) is 11.2. The van der Waals surface area contributed by atoms with Crippen molar-refractivity contribution >= 4 is 17.8 Å². The van der Waals surface area contributed by atoms with Crippen LogP contribution in [0, 0.1) is 0 Å². The molecule has 0 aliphatic carbocycles.